The number of nitro benzene ring substituents is 1. The fourth-order valence-electron chi connectivity index (χ4n) is 3.35. The quantitative estimate of drug-likeness (QED) is 0.601. The number of ether oxygens (including phenoxy) is 1. The van der Waals surface area contributed by atoms with Gasteiger partial charge >= 0.3 is 12.1 Å². The summed E-state index contributed by atoms with van der Waals surface area (Å²) < 4.78 is 5.38. The number of nitro groups is 1. The topological polar surface area (TPSA) is 105 Å². The van der Waals surface area contributed by atoms with Gasteiger partial charge in [0.1, 0.15) is 5.60 Å². The predicted molar refractivity (Wildman–Crippen MR) is 110 cm³/mol. The molecule has 160 valence electrons. The molecule has 1 aromatic carbocycles. The number of piperidine rings is 1. The molecule has 0 bridgehead atoms. The van der Waals surface area contributed by atoms with E-state index in [-0.39, 0.29) is 23.7 Å². The summed E-state index contributed by atoms with van der Waals surface area (Å²) in [6, 6.07) is 4.32. The van der Waals surface area contributed by atoms with E-state index in [4.69, 9.17) is 4.74 Å². The Bertz CT molecular complexity index is 775. The van der Waals surface area contributed by atoms with Crippen LogP contribution in [-0.4, -0.2) is 59.1 Å². The van der Waals surface area contributed by atoms with Crippen LogP contribution in [-0.2, 0) is 4.74 Å². The molecule has 1 N–H and O–H groups in total. The number of benzene rings is 1. The van der Waals surface area contributed by atoms with Gasteiger partial charge in [-0.15, -0.1) is 0 Å². The maximum Gasteiger partial charge on any atom is 0.410 e. The highest BCUT2D eigenvalue weighted by Crippen LogP contribution is 2.26. The first-order chi connectivity index (χ1) is 13.5. The molecule has 1 fully saturated rings. The maximum atomic E-state index is 12.7. The zero-order valence-electron chi connectivity index (χ0n) is 17.7. The van der Waals surface area contributed by atoms with Gasteiger partial charge in [0.2, 0.25) is 0 Å². The minimum Gasteiger partial charge on any atom is -0.444 e. The Kier molecular flexibility index (Phi) is 7.05. The number of nitrogens with zero attached hydrogens (tertiary/aromatic N) is 3. The van der Waals surface area contributed by atoms with Crippen molar-refractivity contribution >= 4 is 23.5 Å². The van der Waals surface area contributed by atoms with Gasteiger partial charge in [-0.05, 0) is 52.5 Å². The molecule has 1 aliphatic rings. The summed E-state index contributed by atoms with van der Waals surface area (Å²) in [7, 11) is 1.69. The van der Waals surface area contributed by atoms with Crippen LogP contribution in [0.5, 0.6) is 0 Å². The second-order valence-corrected chi connectivity index (χ2v) is 8.45. The van der Waals surface area contributed by atoms with Crippen molar-refractivity contribution in [3.8, 4) is 0 Å². The minimum atomic E-state index is -0.556. The average molecular weight is 406 g/mol. The fraction of sp³-hybridized carbons (Fsp3) is 0.600. The van der Waals surface area contributed by atoms with Crippen LogP contribution in [0.3, 0.4) is 0 Å². The Labute approximate surface area is 171 Å². The largest absolute Gasteiger partial charge is 0.444 e. The highest BCUT2D eigenvalue weighted by Gasteiger charge is 2.28. The number of hydrogen-bond acceptors (Lipinski definition) is 5. The molecule has 0 radical (unpaired) electrons. The molecular formula is C20H30N4O5. The van der Waals surface area contributed by atoms with Crippen LogP contribution in [0, 0.1) is 23.0 Å². The van der Waals surface area contributed by atoms with E-state index in [0.29, 0.717) is 30.9 Å². The summed E-state index contributed by atoms with van der Waals surface area (Å²) in [5, 5.41) is 13.9. The molecule has 29 heavy (non-hydrogen) atoms. The highest BCUT2D eigenvalue weighted by atomic mass is 16.6. The fourth-order valence-corrected chi connectivity index (χ4v) is 3.35. The highest BCUT2D eigenvalue weighted by molar-refractivity contribution is 5.90. The van der Waals surface area contributed by atoms with Crippen LogP contribution in [0.1, 0.15) is 39.2 Å². The Morgan fingerprint density at radius 1 is 1.38 bits per heavy atom. The van der Waals surface area contributed by atoms with Crippen molar-refractivity contribution < 1.29 is 19.2 Å². The third-order valence-electron chi connectivity index (χ3n) is 4.79. The normalized spacial score (nSPS) is 16.9. The van der Waals surface area contributed by atoms with Crippen molar-refractivity contribution in [1.29, 1.82) is 0 Å². The van der Waals surface area contributed by atoms with Gasteiger partial charge in [0.25, 0.3) is 5.69 Å². The average Bonchev–Trinajstić information content (AvgIpc) is 2.62. The summed E-state index contributed by atoms with van der Waals surface area (Å²) in [5.41, 5.74) is 0.263. The predicted octanol–water partition coefficient (Wildman–Crippen LogP) is 4.01. The summed E-state index contributed by atoms with van der Waals surface area (Å²) in [4.78, 5) is 38.7. The van der Waals surface area contributed by atoms with Crippen LogP contribution in [0.25, 0.3) is 0 Å². The monoisotopic (exact) mass is 406 g/mol. The molecule has 3 amide bonds. The van der Waals surface area contributed by atoms with Crippen LogP contribution < -0.4 is 5.32 Å². The Morgan fingerprint density at radius 2 is 2.07 bits per heavy atom. The molecule has 9 nitrogen and oxygen atoms in total. The summed E-state index contributed by atoms with van der Waals surface area (Å²) in [6.45, 7) is 8.68. The molecule has 1 aromatic rings. The summed E-state index contributed by atoms with van der Waals surface area (Å²) >= 11 is 0. The lowest BCUT2D eigenvalue weighted by Gasteiger charge is -2.35. The van der Waals surface area contributed by atoms with Gasteiger partial charge < -0.3 is 19.9 Å². The molecule has 2 rings (SSSR count). The van der Waals surface area contributed by atoms with Crippen LogP contribution in [0.4, 0.5) is 21.0 Å². The first-order valence-corrected chi connectivity index (χ1v) is 9.72. The molecule has 1 atom stereocenters. The molecule has 0 aromatic heterocycles. The number of anilines is 1. The number of carbonyl (C=O) groups is 2. The number of urea groups is 1. The van der Waals surface area contributed by atoms with Crippen molar-refractivity contribution in [2.45, 2.75) is 46.1 Å². The lowest BCUT2D eigenvalue weighted by Crippen LogP contribution is -2.46. The number of rotatable bonds is 4. The third kappa shape index (κ3) is 6.33. The van der Waals surface area contributed by atoms with Crippen molar-refractivity contribution in [2.75, 3.05) is 32.0 Å². The second kappa shape index (κ2) is 9.11. The Morgan fingerprint density at radius 3 is 2.69 bits per heavy atom. The van der Waals surface area contributed by atoms with Crippen molar-refractivity contribution in [3.05, 3.63) is 33.9 Å². The van der Waals surface area contributed by atoms with Crippen LogP contribution >= 0.6 is 0 Å². The zero-order valence-corrected chi connectivity index (χ0v) is 17.7. The summed E-state index contributed by atoms with van der Waals surface area (Å²) in [6.07, 6.45) is 1.35. The van der Waals surface area contributed by atoms with Gasteiger partial charge in [0.05, 0.1) is 16.2 Å². The van der Waals surface area contributed by atoms with Gasteiger partial charge in [-0.3, -0.25) is 10.1 Å². The van der Waals surface area contributed by atoms with E-state index >= 15 is 0 Å². The van der Waals surface area contributed by atoms with E-state index in [2.05, 4.69) is 5.32 Å². The smallest absolute Gasteiger partial charge is 0.410 e. The number of amides is 3. The Balaban J connectivity index is 1.97. The zero-order chi connectivity index (χ0) is 21.8. The lowest BCUT2D eigenvalue weighted by atomic mass is 9.98. The van der Waals surface area contributed by atoms with Crippen LogP contribution in [0.15, 0.2) is 18.2 Å². The standard InChI is InChI=1S/C20H30N4O5/c1-14-16(9-6-10-17(14)24(27)28)21-18(25)23-11-7-8-15(13-23)12-22(5)19(26)29-20(2,3)4/h6,9-10,15H,7-8,11-13H2,1-5H3,(H,21,25). The molecule has 9 heteroatoms. The first-order valence-electron chi connectivity index (χ1n) is 9.72. The van der Waals surface area contributed by atoms with Gasteiger partial charge in [-0.2, -0.15) is 0 Å². The molecule has 0 aliphatic carbocycles. The molecule has 1 saturated heterocycles. The second-order valence-electron chi connectivity index (χ2n) is 8.45. The van der Waals surface area contributed by atoms with Gasteiger partial charge in [0.15, 0.2) is 0 Å². The Hall–Kier alpha value is -2.84. The van der Waals surface area contributed by atoms with E-state index in [1.165, 1.54) is 6.07 Å². The van der Waals surface area contributed by atoms with E-state index in [1.807, 2.05) is 20.8 Å². The third-order valence-corrected chi connectivity index (χ3v) is 4.79. The van der Waals surface area contributed by atoms with Crippen molar-refractivity contribution in [1.82, 2.24) is 9.80 Å². The number of nitrogens with one attached hydrogen (secondary N) is 1. The van der Waals surface area contributed by atoms with E-state index in [1.54, 1.807) is 35.9 Å². The number of hydrogen-bond donors (Lipinski definition) is 1. The first kappa shape index (κ1) is 22.4. The van der Waals surface area contributed by atoms with Crippen LogP contribution in [0.2, 0.25) is 0 Å². The molecule has 1 aliphatic heterocycles. The maximum absolute atomic E-state index is 12.7. The number of carbonyl (C=O) groups excluding carboxylic acids is 2. The van der Waals surface area contributed by atoms with Crippen molar-refractivity contribution in [2.24, 2.45) is 5.92 Å². The molecular weight excluding hydrogens is 376 g/mol. The molecule has 0 saturated carbocycles. The number of likely N-dealkylation sites (tertiary alicyclic amines) is 1. The lowest BCUT2D eigenvalue weighted by molar-refractivity contribution is -0.385. The van der Waals surface area contributed by atoms with E-state index in [9.17, 15) is 19.7 Å². The molecule has 1 heterocycles. The van der Waals surface area contributed by atoms with Gasteiger partial charge in [-0.25, -0.2) is 9.59 Å². The van der Waals surface area contributed by atoms with E-state index < -0.39 is 10.5 Å². The SMILES string of the molecule is Cc1c(NC(=O)N2CCCC(CN(C)C(=O)OC(C)(C)C)C2)cccc1[N+](=O)[O-]. The molecule has 1 unspecified atom stereocenters. The minimum absolute atomic E-state index is 0.0293. The van der Waals surface area contributed by atoms with Crippen molar-refractivity contribution in [3.63, 3.8) is 0 Å². The molecule has 0 spiro atoms. The van der Waals surface area contributed by atoms with E-state index in [0.717, 1.165) is 12.8 Å². The van der Waals surface area contributed by atoms with Gasteiger partial charge in [0, 0.05) is 32.7 Å². The van der Waals surface area contributed by atoms with Gasteiger partial charge in [-0.1, -0.05) is 6.07 Å². The summed E-state index contributed by atoms with van der Waals surface area (Å²) in [5.74, 6) is 0.137.